The van der Waals surface area contributed by atoms with Gasteiger partial charge in [0, 0.05) is 24.9 Å². The Labute approximate surface area is 223 Å². The Balaban J connectivity index is 1.47. The molecule has 0 radical (unpaired) electrons. The van der Waals surface area contributed by atoms with Crippen molar-refractivity contribution in [2.75, 3.05) is 0 Å². The number of aliphatic hydroxyl groups excluding tert-OH is 1. The monoisotopic (exact) mass is 547 g/mol. The molecule has 0 spiro atoms. The van der Waals surface area contributed by atoms with Crippen LogP contribution in [0.4, 0.5) is 0 Å². The van der Waals surface area contributed by atoms with E-state index >= 15 is 0 Å². The molecule has 1 aromatic heterocycles. The highest BCUT2D eigenvalue weighted by atomic mass is 35.5. The van der Waals surface area contributed by atoms with Crippen LogP contribution in [0.5, 0.6) is 0 Å². The van der Waals surface area contributed by atoms with Crippen LogP contribution in [-0.4, -0.2) is 37.7 Å². The van der Waals surface area contributed by atoms with E-state index in [0.717, 1.165) is 22.3 Å². The lowest BCUT2D eigenvalue weighted by Crippen LogP contribution is -2.32. The molecule has 1 fully saturated rings. The van der Waals surface area contributed by atoms with Crippen molar-refractivity contribution in [3.05, 3.63) is 87.4 Å². The third-order valence-electron chi connectivity index (χ3n) is 6.06. The molecule has 2 heterocycles. The van der Waals surface area contributed by atoms with Gasteiger partial charge in [-0.1, -0.05) is 71.7 Å². The first-order valence-electron chi connectivity index (χ1n) is 11.8. The zero-order valence-electron chi connectivity index (χ0n) is 19.8. The summed E-state index contributed by atoms with van der Waals surface area (Å²) in [5, 5.41) is 21.4. The number of rotatable bonds is 10. The normalized spacial score (nSPS) is 19.5. The molecule has 0 aliphatic carbocycles. The van der Waals surface area contributed by atoms with Crippen LogP contribution >= 0.6 is 23.2 Å². The minimum Gasteiger partial charge on any atom is -0.481 e. The number of nitrogens with zero attached hydrogens (tertiary/aromatic N) is 2. The Kier molecular flexibility index (Phi) is 9.18. The van der Waals surface area contributed by atoms with Crippen LogP contribution in [0, 0.1) is 0 Å². The summed E-state index contributed by atoms with van der Waals surface area (Å²) in [6.07, 6.45) is 0.705. The molecule has 37 heavy (non-hydrogen) atoms. The second-order valence-corrected chi connectivity index (χ2v) is 9.46. The van der Waals surface area contributed by atoms with Gasteiger partial charge in [-0.2, -0.15) is 0 Å². The average molecular weight is 548 g/mol. The van der Waals surface area contributed by atoms with Gasteiger partial charge < -0.3 is 29.6 Å². The molecule has 1 aliphatic rings. The van der Waals surface area contributed by atoms with Gasteiger partial charge in [-0.15, -0.1) is 0 Å². The number of imidazole rings is 1. The zero-order chi connectivity index (χ0) is 26.4. The van der Waals surface area contributed by atoms with Crippen molar-refractivity contribution >= 4 is 35.1 Å². The predicted molar refractivity (Wildman–Crippen MR) is 136 cm³/mol. The summed E-state index contributed by atoms with van der Waals surface area (Å²) in [5.41, 5.74) is 3.44. The highest BCUT2D eigenvalue weighted by Crippen LogP contribution is 2.38. The maximum atomic E-state index is 11.8. The SMILES string of the molecule is O=C(O)CCC(=O)NCc1ccc(C2OC(Cn3cnc(Cl)c3Cl)CC(c3ccc(CO)cc3)O2)cc1. The number of aliphatic carboxylic acids is 1. The van der Waals surface area contributed by atoms with E-state index in [2.05, 4.69) is 10.3 Å². The molecule has 1 saturated heterocycles. The van der Waals surface area contributed by atoms with E-state index in [1.54, 1.807) is 10.9 Å². The van der Waals surface area contributed by atoms with Gasteiger partial charge in [0.25, 0.3) is 0 Å². The molecule has 0 bridgehead atoms. The second-order valence-electron chi connectivity index (χ2n) is 8.74. The van der Waals surface area contributed by atoms with E-state index in [9.17, 15) is 14.7 Å². The molecule has 3 N–H and O–H groups in total. The highest BCUT2D eigenvalue weighted by Gasteiger charge is 2.32. The maximum absolute atomic E-state index is 11.8. The molecule has 3 atom stereocenters. The van der Waals surface area contributed by atoms with Crippen LogP contribution in [0.15, 0.2) is 54.9 Å². The van der Waals surface area contributed by atoms with E-state index < -0.39 is 12.3 Å². The van der Waals surface area contributed by atoms with Crippen molar-refractivity contribution in [2.24, 2.45) is 0 Å². The van der Waals surface area contributed by atoms with Crippen LogP contribution < -0.4 is 5.32 Å². The van der Waals surface area contributed by atoms with Gasteiger partial charge in [0.1, 0.15) is 5.15 Å². The first-order valence-corrected chi connectivity index (χ1v) is 12.5. The molecule has 196 valence electrons. The Hall–Kier alpha value is -2.95. The van der Waals surface area contributed by atoms with Crippen LogP contribution in [-0.2, 0) is 38.8 Å². The lowest BCUT2D eigenvalue weighted by atomic mass is 10.00. The summed E-state index contributed by atoms with van der Waals surface area (Å²) in [7, 11) is 0. The van der Waals surface area contributed by atoms with Crippen LogP contribution in [0.1, 0.15) is 53.9 Å². The van der Waals surface area contributed by atoms with Crippen LogP contribution in [0.25, 0.3) is 0 Å². The Morgan fingerprint density at radius 2 is 1.68 bits per heavy atom. The number of aliphatic hydroxyl groups is 1. The number of ether oxygens (including phenoxy) is 2. The number of carboxylic acids is 1. The summed E-state index contributed by atoms with van der Waals surface area (Å²) < 4.78 is 14.4. The third-order valence-corrected chi connectivity index (χ3v) is 6.83. The smallest absolute Gasteiger partial charge is 0.303 e. The number of benzene rings is 2. The summed E-state index contributed by atoms with van der Waals surface area (Å²) >= 11 is 12.3. The molecule has 9 nitrogen and oxygen atoms in total. The van der Waals surface area contributed by atoms with Gasteiger partial charge in [0.05, 0.1) is 38.1 Å². The van der Waals surface area contributed by atoms with E-state index in [0.29, 0.717) is 18.1 Å². The summed E-state index contributed by atoms with van der Waals surface area (Å²) in [4.78, 5) is 26.5. The summed E-state index contributed by atoms with van der Waals surface area (Å²) in [5.74, 6) is -1.33. The predicted octanol–water partition coefficient (Wildman–Crippen LogP) is 4.41. The van der Waals surface area contributed by atoms with E-state index in [1.165, 1.54) is 0 Å². The van der Waals surface area contributed by atoms with Gasteiger partial charge in [0.15, 0.2) is 11.4 Å². The van der Waals surface area contributed by atoms with Gasteiger partial charge in [-0.05, 0) is 16.7 Å². The zero-order valence-corrected chi connectivity index (χ0v) is 21.4. The fourth-order valence-corrected chi connectivity index (χ4v) is 4.34. The first-order chi connectivity index (χ1) is 17.8. The van der Waals surface area contributed by atoms with Gasteiger partial charge >= 0.3 is 5.97 Å². The Bertz CT molecular complexity index is 1220. The van der Waals surface area contributed by atoms with E-state index in [-0.39, 0.29) is 49.3 Å². The highest BCUT2D eigenvalue weighted by molar-refractivity contribution is 6.40. The number of carbonyl (C=O) groups excluding carboxylic acids is 1. The number of nitrogens with one attached hydrogen (secondary N) is 1. The van der Waals surface area contributed by atoms with Crippen molar-refractivity contribution in [3.8, 4) is 0 Å². The van der Waals surface area contributed by atoms with E-state index in [1.807, 2.05) is 48.5 Å². The molecule has 2 aromatic carbocycles. The lowest BCUT2D eigenvalue weighted by molar-refractivity contribution is -0.252. The molecule has 4 rings (SSSR count). The van der Waals surface area contributed by atoms with Crippen LogP contribution in [0.3, 0.4) is 0 Å². The number of carbonyl (C=O) groups is 2. The van der Waals surface area contributed by atoms with Crippen LogP contribution in [0.2, 0.25) is 10.3 Å². The van der Waals surface area contributed by atoms with Crippen molar-refractivity contribution < 1.29 is 29.3 Å². The summed E-state index contributed by atoms with van der Waals surface area (Å²) in [6, 6.07) is 15.1. The fourth-order valence-electron chi connectivity index (χ4n) is 4.02. The molecular weight excluding hydrogens is 521 g/mol. The molecule has 11 heteroatoms. The average Bonchev–Trinajstić information content (AvgIpc) is 3.23. The quantitative estimate of drug-likeness (QED) is 0.343. The standard InChI is InChI=1S/C26H27Cl2N3O6/c27-24-25(28)31(15-30-24)13-20-11-21(18-5-3-17(14-32)4-6-18)37-26(36-20)19-7-1-16(2-8-19)12-29-22(33)9-10-23(34)35/h1-8,15,20-21,26,32H,9-14H2,(H,29,33)(H,34,35). The summed E-state index contributed by atoms with van der Waals surface area (Å²) in [6.45, 7) is 0.684. The number of hydrogen-bond donors (Lipinski definition) is 3. The lowest BCUT2D eigenvalue weighted by Gasteiger charge is -2.36. The van der Waals surface area contributed by atoms with Crippen molar-refractivity contribution in [1.82, 2.24) is 14.9 Å². The molecule has 0 saturated carbocycles. The van der Waals surface area contributed by atoms with Gasteiger partial charge in [-0.25, -0.2) is 4.98 Å². The number of halogens is 2. The Morgan fingerprint density at radius 1 is 1.00 bits per heavy atom. The third kappa shape index (κ3) is 7.30. The minimum atomic E-state index is -1.01. The minimum absolute atomic E-state index is 0.0353. The molecule has 3 unspecified atom stereocenters. The molecule has 3 aromatic rings. The van der Waals surface area contributed by atoms with Crippen molar-refractivity contribution in [1.29, 1.82) is 0 Å². The number of amides is 1. The Morgan fingerprint density at radius 3 is 2.30 bits per heavy atom. The molecular formula is C26H27Cl2N3O6. The van der Waals surface area contributed by atoms with Crippen molar-refractivity contribution in [3.63, 3.8) is 0 Å². The topological polar surface area (TPSA) is 123 Å². The second kappa shape index (κ2) is 12.5. The largest absolute Gasteiger partial charge is 0.481 e. The molecule has 1 amide bonds. The fraction of sp³-hybridized carbons (Fsp3) is 0.346. The first kappa shape index (κ1) is 27.1. The molecule has 1 aliphatic heterocycles. The van der Waals surface area contributed by atoms with Crippen molar-refractivity contribution in [2.45, 2.75) is 57.5 Å². The number of aromatic nitrogens is 2. The van der Waals surface area contributed by atoms with E-state index in [4.69, 9.17) is 37.8 Å². The number of hydrogen-bond acceptors (Lipinski definition) is 6. The van der Waals surface area contributed by atoms with Gasteiger partial charge in [0.2, 0.25) is 5.91 Å². The maximum Gasteiger partial charge on any atom is 0.303 e. The van der Waals surface area contributed by atoms with Gasteiger partial charge in [-0.3, -0.25) is 9.59 Å². The number of carboxylic acid groups (broad SMARTS) is 1.